The van der Waals surface area contributed by atoms with Gasteiger partial charge in [0.25, 0.3) is 5.91 Å². The number of carbonyl (C=O) groups is 2. The molecule has 0 fully saturated rings. The molecule has 5 rings (SSSR count). The van der Waals surface area contributed by atoms with Gasteiger partial charge in [-0.05, 0) is 42.8 Å². The molecule has 0 radical (unpaired) electrons. The summed E-state index contributed by atoms with van der Waals surface area (Å²) in [4.78, 5) is 32.1. The van der Waals surface area contributed by atoms with Gasteiger partial charge in [0.2, 0.25) is 6.79 Å². The fourth-order valence-corrected chi connectivity index (χ4v) is 4.42. The monoisotopic (exact) mass is 456 g/mol. The van der Waals surface area contributed by atoms with Gasteiger partial charge in [-0.25, -0.2) is 4.99 Å². The molecule has 0 N–H and O–H groups in total. The van der Waals surface area contributed by atoms with Gasteiger partial charge in [0.1, 0.15) is 5.70 Å². The zero-order chi connectivity index (χ0) is 22.8. The topological polar surface area (TPSA) is 68.2 Å². The van der Waals surface area contributed by atoms with Crippen LogP contribution in [0.2, 0.25) is 0 Å². The van der Waals surface area contributed by atoms with Crippen LogP contribution in [0.25, 0.3) is 6.08 Å². The first-order valence-electron chi connectivity index (χ1n) is 10.4. The summed E-state index contributed by atoms with van der Waals surface area (Å²) in [6.07, 6.45) is 1.72. The van der Waals surface area contributed by atoms with Crippen LogP contribution >= 0.6 is 11.8 Å². The molecule has 2 heterocycles. The van der Waals surface area contributed by atoms with E-state index in [1.807, 2.05) is 79.7 Å². The van der Waals surface area contributed by atoms with Crippen LogP contribution in [-0.2, 0) is 4.79 Å². The number of thioether (sulfide) groups is 1. The molecule has 0 spiro atoms. The van der Waals surface area contributed by atoms with Crippen LogP contribution in [0.3, 0.4) is 0 Å². The summed E-state index contributed by atoms with van der Waals surface area (Å²) in [7, 11) is 0. The normalized spacial score (nSPS) is 15.8. The Hall–Kier alpha value is -3.84. The Morgan fingerprint density at radius 1 is 1.03 bits per heavy atom. The van der Waals surface area contributed by atoms with Crippen molar-refractivity contribution < 1.29 is 19.1 Å². The third kappa shape index (κ3) is 4.40. The number of anilines is 1. The second kappa shape index (κ2) is 8.96. The summed E-state index contributed by atoms with van der Waals surface area (Å²) in [6, 6.07) is 22.2. The summed E-state index contributed by atoms with van der Waals surface area (Å²) in [5.41, 5.74) is 3.51. The number of Topliss-reactive ketones (excluding diaryl/α,β-unsaturated/α-hetero) is 1. The minimum Gasteiger partial charge on any atom is -0.454 e. The van der Waals surface area contributed by atoms with Gasteiger partial charge in [-0.1, -0.05) is 65.9 Å². The van der Waals surface area contributed by atoms with Crippen molar-refractivity contribution in [1.82, 2.24) is 0 Å². The number of amides is 1. The summed E-state index contributed by atoms with van der Waals surface area (Å²) < 4.78 is 10.8. The number of hydrogen-bond acceptors (Lipinski definition) is 6. The van der Waals surface area contributed by atoms with Gasteiger partial charge in [0.15, 0.2) is 22.4 Å². The fraction of sp³-hybridized carbons (Fsp3) is 0.115. The molecule has 0 saturated carbocycles. The second-order valence-corrected chi connectivity index (χ2v) is 8.53. The molecule has 2 aliphatic heterocycles. The number of aryl methyl sites for hydroxylation is 1. The summed E-state index contributed by atoms with van der Waals surface area (Å²) in [5, 5.41) is 0.471. The van der Waals surface area contributed by atoms with Crippen molar-refractivity contribution >= 4 is 40.4 Å². The fourth-order valence-electron chi connectivity index (χ4n) is 3.51. The number of carbonyl (C=O) groups excluding carboxylic acids is 2. The molecule has 164 valence electrons. The predicted molar refractivity (Wildman–Crippen MR) is 130 cm³/mol. The molecule has 0 unspecified atom stereocenters. The summed E-state index contributed by atoms with van der Waals surface area (Å²) >= 11 is 1.25. The van der Waals surface area contributed by atoms with Gasteiger partial charge in [0.05, 0.1) is 11.4 Å². The number of aliphatic imine (C=N–C) groups is 1. The number of fused-ring (bicyclic) bond motifs is 1. The lowest BCUT2D eigenvalue weighted by Crippen LogP contribution is -2.30. The Morgan fingerprint density at radius 2 is 1.79 bits per heavy atom. The van der Waals surface area contributed by atoms with Crippen molar-refractivity contribution in [2.24, 2.45) is 4.99 Å². The van der Waals surface area contributed by atoms with E-state index in [0.717, 1.165) is 11.1 Å². The smallest absolute Gasteiger partial charge is 0.283 e. The molecule has 0 atom stereocenters. The first-order valence-corrected chi connectivity index (χ1v) is 11.4. The lowest BCUT2D eigenvalue weighted by molar-refractivity contribution is -0.113. The van der Waals surface area contributed by atoms with Crippen LogP contribution < -0.4 is 14.4 Å². The van der Waals surface area contributed by atoms with Gasteiger partial charge in [-0.2, -0.15) is 0 Å². The van der Waals surface area contributed by atoms with Crippen molar-refractivity contribution in [3.05, 3.63) is 95.2 Å². The highest BCUT2D eigenvalue weighted by Gasteiger charge is 2.32. The SMILES string of the molecule is Cc1ccc(C(=O)CSC2=N/C(=C\c3ccc4c(c3)OCO4)C(=O)N2c2ccccc2)cc1. The van der Waals surface area contributed by atoms with Crippen LogP contribution in [0, 0.1) is 6.92 Å². The van der Waals surface area contributed by atoms with Crippen LogP contribution in [0.1, 0.15) is 21.5 Å². The number of ketones is 1. The van der Waals surface area contributed by atoms with Crippen molar-refractivity contribution in [3.63, 3.8) is 0 Å². The van der Waals surface area contributed by atoms with E-state index in [-0.39, 0.29) is 24.2 Å². The van der Waals surface area contributed by atoms with Crippen LogP contribution in [0.4, 0.5) is 5.69 Å². The van der Waals surface area contributed by atoms with Crippen molar-refractivity contribution in [2.45, 2.75) is 6.92 Å². The Labute approximate surface area is 195 Å². The van der Waals surface area contributed by atoms with E-state index < -0.39 is 0 Å². The number of nitrogens with zero attached hydrogens (tertiary/aromatic N) is 2. The lowest BCUT2D eigenvalue weighted by Gasteiger charge is -2.17. The number of amidine groups is 1. The maximum absolute atomic E-state index is 13.3. The zero-order valence-corrected chi connectivity index (χ0v) is 18.7. The predicted octanol–water partition coefficient (Wildman–Crippen LogP) is 5.08. The number of rotatable bonds is 5. The molecule has 3 aromatic carbocycles. The molecule has 2 aliphatic rings. The average Bonchev–Trinajstić information content (AvgIpc) is 3.42. The van der Waals surface area contributed by atoms with E-state index >= 15 is 0 Å². The van der Waals surface area contributed by atoms with Gasteiger partial charge >= 0.3 is 0 Å². The van der Waals surface area contributed by atoms with Gasteiger partial charge in [-0.15, -0.1) is 0 Å². The molecule has 6 nitrogen and oxygen atoms in total. The Kier molecular flexibility index (Phi) is 5.71. The number of para-hydroxylation sites is 1. The Balaban J connectivity index is 1.42. The van der Waals surface area contributed by atoms with E-state index in [1.54, 1.807) is 11.0 Å². The molecule has 0 aromatic heterocycles. The molecule has 3 aromatic rings. The van der Waals surface area contributed by atoms with E-state index in [9.17, 15) is 9.59 Å². The molecule has 1 amide bonds. The Bertz CT molecular complexity index is 1280. The minimum absolute atomic E-state index is 0.0173. The number of ether oxygens (including phenoxy) is 2. The van der Waals surface area contributed by atoms with Crippen molar-refractivity contribution in [1.29, 1.82) is 0 Å². The second-order valence-electron chi connectivity index (χ2n) is 7.59. The zero-order valence-electron chi connectivity index (χ0n) is 17.9. The quantitative estimate of drug-likeness (QED) is 0.395. The minimum atomic E-state index is -0.246. The van der Waals surface area contributed by atoms with E-state index in [4.69, 9.17) is 9.47 Å². The Morgan fingerprint density at radius 3 is 2.58 bits per heavy atom. The van der Waals surface area contributed by atoms with Crippen molar-refractivity contribution in [3.8, 4) is 11.5 Å². The van der Waals surface area contributed by atoms with E-state index in [0.29, 0.717) is 33.6 Å². The molecule has 0 bridgehead atoms. The highest BCUT2D eigenvalue weighted by molar-refractivity contribution is 8.14. The number of hydrogen-bond donors (Lipinski definition) is 0. The van der Waals surface area contributed by atoms with Crippen LogP contribution in [-0.4, -0.2) is 29.4 Å². The van der Waals surface area contributed by atoms with Gasteiger partial charge < -0.3 is 9.47 Å². The lowest BCUT2D eigenvalue weighted by atomic mass is 10.1. The maximum Gasteiger partial charge on any atom is 0.283 e. The average molecular weight is 457 g/mol. The van der Waals surface area contributed by atoms with E-state index in [2.05, 4.69) is 4.99 Å². The van der Waals surface area contributed by atoms with Gasteiger partial charge in [-0.3, -0.25) is 14.5 Å². The van der Waals surface area contributed by atoms with Crippen LogP contribution in [0.15, 0.2) is 83.5 Å². The number of benzene rings is 3. The molecule has 0 aliphatic carbocycles. The summed E-state index contributed by atoms with van der Waals surface area (Å²) in [6.45, 7) is 2.16. The molecule has 33 heavy (non-hydrogen) atoms. The standard InChI is InChI=1S/C26H20N2O4S/c1-17-7-10-19(11-8-17)22(29)15-33-26-27-21(25(30)28(26)20-5-3-2-4-6-20)13-18-9-12-23-24(14-18)32-16-31-23/h2-14H,15-16H2,1H3/b21-13-. The first-order chi connectivity index (χ1) is 16.1. The molecule has 7 heteroatoms. The molecular weight excluding hydrogens is 436 g/mol. The van der Waals surface area contributed by atoms with E-state index in [1.165, 1.54) is 11.8 Å². The maximum atomic E-state index is 13.3. The molecule has 0 saturated heterocycles. The largest absolute Gasteiger partial charge is 0.454 e. The third-order valence-corrected chi connectivity index (χ3v) is 6.19. The highest BCUT2D eigenvalue weighted by atomic mass is 32.2. The van der Waals surface area contributed by atoms with Crippen LogP contribution in [0.5, 0.6) is 11.5 Å². The third-order valence-electron chi connectivity index (χ3n) is 5.25. The summed E-state index contributed by atoms with van der Waals surface area (Å²) in [5.74, 6) is 1.23. The first kappa shape index (κ1) is 21.0. The van der Waals surface area contributed by atoms with Gasteiger partial charge in [0, 0.05) is 5.56 Å². The highest BCUT2D eigenvalue weighted by Crippen LogP contribution is 2.34. The van der Waals surface area contributed by atoms with Crippen molar-refractivity contribution in [2.75, 3.05) is 17.4 Å². The molecular formula is C26H20N2O4S.